The first-order valence-corrected chi connectivity index (χ1v) is 5.87. The van der Waals surface area contributed by atoms with E-state index >= 15 is 0 Å². The fraction of sp³-hybridized carbons (Fsp3) is 0.143. The van der Waals surface area contributed by atoms with Crippen molar-refractivity contribution < 1.29 is 14.5 Å². The molecule has 0 aliphatic heterocycles. The van der Waals surface area contributed by atoms with Crippen LogP contribution in [0.25, 0.3) is 0 Å². The predicted molar refractivity (Wildman–Crippen MR) is 71.8 cm³/mol. The van der Waals surface area contributed by atoms with E-state index in [0.29, 0.717) is 11.3 Å². The van der Waals surface area contributed by atoms with Crippen LogP contribution in [0.4, 0.5) is 5.69 Å². The third kappa shape index (κ3) is 2.97. The molecule has 1 heterocycles. The number of pyridine rings is 1. The molecule has 0 amide bonds. The first kappa shape index (κ1) is 13.7. The minimum absolute atomic E-state index is 0.0291. The van der Waals surface area contributed by atoms with Crippen LogP contribution in [-0.4, -0.2) is 15.9 Å². The normalized spacial score (nSPS) is 10.1. The number of hydrogen-bond acceptors (Lipinski definition) is 5. The molecular weight excluding hydrogens is 260 g/mol. The third-order valence-corrected chi connectivity index (χ3v) is 2.72. The summed E-state index contributed by atoms with van der Waals surface area (Å²) in [7, 11) is 0. The summed E-state index contributed by atoms with van der Waals surface area (Å²) >= 11 is 0. The zero-order chi connectivity index (χ0) is 14.7. The lowest BCUT2D eigenvalue weighted by molar-refractivity contribution is -0.385. The summed E-state index contributed by atoms with van der Waals surface area (Å²) in [5, 5.41) is 10.7. The van der Waals surface area contributed by atoms with Crippen molar-refractivity contribution in [2.45, 2.75) is 13.8 Å². The Morgan fingerprint density at radius 2 is 2.00 bits per heavy atom. The van der Waals surface area contributed by atoms with Crippen LogP contribution in [0.2, 0.25) is 0 Å². The summed E-state index contributed by atoms with van der Waals surface area (Å²) in [6.07, 6.45) is 1.45. The molecule has 0 N–H and O–H groups in total. The van der Waals surface area contributed by atoms with Gasteiger partial charge in [0.25, 0.3) is 5.69 Å². The van der Waals surface area contributed by atoms with Gasteiger partial charge in [0.2, 0.25) is 0 Å². The molecule has 0 aliphatic rings. The third-order valence-electron chi connectivity index (χ3n) is 2.72. The van der Waals surface area contributed by atoms with Gasteiger partial charge in [-0.15, -0.1) is 0 Å². The van der Waals surface area contributed by atoms with Crippen molar-refractivity contribution in [1.82, 2.24) is 4.98 Å². The number of nitro groups is 1. The number of esters is 1. The van der Waals surface area contributed by atoms with Crippen LogP contribution in [0.1, 0.15) is 21.6 Å². The highest BCUT2D eigenvalue weighted by atomic mass is 16.6. The molecule has 0 radical (unpaired) electrons. The molecule has 0 spiro atoms. The largest absolute Gasteiger partial charge is 0.421 e. The van der Waals surface area contributed by atoms with E-state index < -0.39 is 10.9 Å². The predicted octanol–water partition coefficient (Wildman–Crippen LogP) is 2.83. The van der Waals surface area contributed by atoms with Gasteiger partial charge >= 0.3 is 5.97 Å². The number of aromatic nitrogens is 1. The molecule has 0 bridgehead atoms. The van der Waals surface area contributed by atoms with Gasteiger partial charge < -0.3 is 4.74 Å². The average Bonchev–Trinajstić information content (AvgIpc) is 2.40. The Balaban J connectivity index is 2.19. The van der Waals surface area contributed by atoms with Crippen molar-refractivity contribution in [2.75, 3.05) is 0 Å². The fourth-order valence-electron chi connectivity index (χ4n) is 1.67. The van der Waals surface area contributed by atoms with Gasteiger partial charge in [0.15, 0.2) is 0 Å². The number of nitro benzene ring substituents is 1. The number of aryl methyl sites for hydroxylation is 2. The minimum atomic E-state index is -0.575. The maximum atomic E-state index is 11.9. The highest BCUT2D eigenvalue weighted by Crippen LogP contribution is 2.20. The van der Waals surface area contributed by atoms with Gasteiger partial charge in [0.05, 0.1) is 16.7 Å². The molecule has 102 valence electrons. The molecule has 0 atom stereocenters. The molecule has 6 nitrogen and oxygen atoms in total. The smallest absolute Gasteiger partial charge is 0.343 e. The zero-order valence-electron chi connectivity index (χ0n) is 11.0. The van der Waals surface area contributed by atoms with E-state index in [2.05, 4.69) is 4.98 Å². The molecule has 2 rings (SSSR count). The zero-order valence-corrected chi connectivity index (χ0v) is 11.0. The standard InChI is InChI=1S/C14H12N2O4/c1-9-7-11(4-6-13(9)16(18)19)14(17)20-12-5-3-10(2)15-8-12/h3-8H,1-2H3. The number of rotatable bonds is 3. The van der Waals surface area contributed by atoms with Crippen LogP contribution in [0.15, 0.2) is 36.5 Å². The molecule has 0 fully saturated rings. The van der Waals surface area contributed by atoms with E-state index in [0.717, 1.165) is 5.69 Å². The fourth-order valence-corrected chi connectivity index (χ4v) is 1.67. The molecule has 1 aromatic carbocycles. The Kier molecular flexibility index (Phi) is 3.74. The molecule has 0 aliphatic carbocycles. The highest BCUT2D eigenvalue weighted by Gasteiger charge is 2.15. The second-order valence-electron chi connectivity index (χ2n) is 4.28. The number of nitrogens with zero attached hydrogens (tertiary/aromatic N) is 2. The molecule has 6 heteroatoms. The lowest BCUT2D eigenvalue weighted by Crippen LogP contribution is -2.09. The number of ether oxygens (including phenoxy) is 1. The maximum Gasteiger partial charge on any atom is 0.343 e. The molecule has 0 saturated carbocycles. The second-order valence-corrected chi connectivity index (χ2v) is 4.28. The highest BCUT2D eigenvalue weighted by molar-refractivity contribution is 5.91. The summed E-state index contributed by atoms with van der Waals surface area (Å²) < 4.78 is 5.14. The van der Waals surface area contributed by atoms with E-state index in [9.17, 15) is 14.9 Å². The first-order chi connectivity index (χ1) is 9.47. The quantitative estimate of drug-likeness (QED) is 0.487. The van der Waals surface area contributed by atoms with Crippen LogP contribution in [0.3, 0.4) is 0 Å². The van der Waals surface area contributed by atoms with Crippen molar-refractivity contribution >= 4 is 11.7 Å². The molecule has 20 heavy (non-hydrogen) atoms. The molecule has 0 saturated heterocycles. The van der Waals surface area contributed by atoms with Gasteiger partial charge in [0, 0.05) is 17.3 Å². The van der Waals surface area contributed by atoms with E-state index in [1.54, 1.807) is 19.1 Å². The first-order valence-electron chi connectivity index (χ1n) is 5.87. The van der Waals surface area contributed by atoms with Gasteiger partial charge in [0.1, 0.15) is 5.75 Å². The van der Waals surface area contributed by atoms with Crippen molar-refractivity contribution in [3.63, 3.8) is 0 Å². The van der Waals surface area contributed by atoms with Gasteiger partial charge in [-0.25, -0.2) is 4.79 Å². The van der Waals surface area contributed by atoms with E-state index in [1.807, 2.05) is 6.92 Å². The summed E-state index contributed by atoms with van der Waals surface area (Å²) in [6, 6.07) is 7.46. The van der Waals surface area contributed by atoms with Gasteiger partial charge in [-0.3, -0.25) is 15.1 Å². The van der Waals surface area contributed by atoms with Crippen LogP contribution in [0, 0.1) is 24.0 Å². The van der Waals surface area contributed by atoms with Crippen LogP contribution in [-0.2, 0) is 0 Å². The Labute approximate surface area is 115 Å². The van der Waals surface area contributed by atoms with E-state index in [1.165, 1.54) is 24.4 Å². The maximum absolute atomic E-state index is 11.9. The van der Waals surface area contributed by atoms with Gasteiger partial charge in [-0.2, -0.15) is 0 Å². The number of benzene rings is 1. The Hall–Kier alpha value is -2.76. The Bertz CT molecular complexity index is 665. The monoisotopic (exact) mass is 272 g/mol. The number of carbonyl (C=O) groups is 1. The second kappa shape index (κ2) is 5.48. The van der Waals surface area contributed by atoms with Crippen molar-refractivity contribution in [3.8, 4) is 5.75 Å². The molecule has 1 aromatic heterocycles. The van der Waals surface area contributed by atoms with Crippen molar-refractivity contribution in [3.05, 3.63) is 63.5 Å². The Morgan fingerprint density at radius 1 is 1.25 bits per heavy atom. The van der Waals surface area contributed by atoms with Crippen molar-refractivity contribution in [1.29, 1.82) is 0 Å². The minimum Gasteiger partial charge on any atom is -0.421 e. The van der Waals surface area contributed by atoms with Crippen molar-refractivity contribution in [2.24, 2.45) is 0 Å². The lowest BCUT2D eigenvalue weighted by atomic mass is 10.1. The summed E-state index contributed by atoms with van der Waals surface area (Å²) in [5.74, 6) is -0.245. The topological polar surface area (TPSA) is 82.3 Å². The summed E-state index contributed by atoms with van der Waals surface area (Å²) in [4.78, 5) is 26.1. The number of carbonyl (C=O) groups excluding carboxylic acids is 1. The van der Waals surface area contributed by atoms with Crippen LogP contribution in [0.5, 0.6) is 5.75 Å². The summed E-state index contributed by atoms with van der Waals surface area (Å²) in [6.45, 7) is 3.40. The lowest BCUT2D eigenvalue weighted by Gasteiger charge is -2.05. The van der Waals surface area contributed by atoms with Crippen LogP contribution >= 0.6 is 0 Å². The van der Waals surface area contributed by atoms with E-state index in [4.69, 9.17) is 4.74 Å². The Morgan fingerprint density at radius 3 is 2.55 bits per heavy atom. The van der Waals surface area contributed by atoms with E-state index in [-0.39, 0.29) is 11.3 Å². The SMILES string of the molecule is Cc1ccc(OC(=O)c2ccc([N+](=O)[O-])c(C)c2)cn1. The van der Waals surface area contributed by atoms with Gasteiger partial charge in [-0.05, 0) is 38.1 Å². The number of hydrogen-bond donors (Lipinski definition) is 0. The molecule has 2 aromatic rings. The van der Waals surface area contributed by atoms with Crippen LogP contribution < -0.4 is 4.74 Å². The molecular formula is C14H12N2O4. The average molecular weight is 272 g/mol. The molecule has 0 unspecified atom stereocenters. The van der Waals surface area contributed by atoms with Gasteiger partial charge in [-0.1, -0.05) is 0 Å². The summed E-state index contributed by atoms with van der Waals surface area (Å²) in [5.41, 5.74) is 1.45.